The number of halogens is 1. The summed E-state index contributed by atoms with van der Waals surface area (Å²) in [6.45, 7) is 0.451. The lowest BCUT2D eigenvalue weighted by atomic mass is 10.1. The number of hydrogen-bond acceptors (Lipinski definition) is 3. The van der Waals surface area contributed by atoms with E-state index in [1.165, 1.54) is 0 Å². The Hall–Kier alpha value is -1.05. The average Bonchev–Trinajstić information content (AvgIpc) is 2.50. The van der Waals surface area contributed by atoms with Gasteiger partial charge in [-0.15, -0.1) is 0 Å². The molecule has 1 heterocycles. The molecule has 0 aromatic heterocycles. The highest BCUT2D eigenvalue weighted by Crippen LogP contribution is 2.38. The summed E-state index contributed by atoms with van der Waals surface area (Å²) in [5.41, 5.74) is 7.26. The molecule has 0 bridgehead atoms. The van der Waals surface area contributed by atoms with Crippen LogP contribution in [0.1, 0.15) is 17.2 Å². The molecule has 13 heavy (non-hydrogen) atoms. The number of rotatable bonds is 0. The third kappa shape index (κ3) is 1.21. The van der Waals surface area contributed by atoms with Crippen LogP contribution in [0.25, 0.3) is 0 Å². The maximum atomic E-state index is 8.79. The van der Waals surface area contributed by atoms with Crippen LogP contribution in [0.4, 0.5) is 0 Å². The van der Waals surface area contributed by atoms with Gasteiger partial charge in [0.05, 0.1) is 11.6 Å². The van der Waals surface area contributed by atoms with Gasteiger partial charge in [0.1, 0.15) is 18.4 Å². The Kier molecular flexibility index (Phi) is 1.98. The van der Waals surface area contributed by atoms with Gasteiger partial charge in [-0.25, -0.2) is 0 Å². The van der Waals surface area contributed by atoms with Gasteiger partial charge < -0.3 is 10.5 Å². The van der Waals surface area contributed by atoms with E-state index >= 15 is 0 Å². The second-order valence-electron chi connectivity index (χ2n) is 2.87. The number of nitrogens with two attached hydrogens (primary N) is 1. The molecule has 2 N–H and O–H groups in total. The predicted molar refractivity (Wildman–Crippen MR) is 51.3 cm³/mol. The Labute approximate surface area is 84.2 Å². The van der Waals surface area contributed by atoms with Crippen molar-refractivity contribution in [2.24, 2.45) is 5.73 Å². The summed E-state index contributed by atoms with van der Waals surface area (Å²) in [4.78, 5) is 0. The molecule has 3 nitrogen and oxygen atoms in total. The molecule has 0 fully saturated rings. The summed E-state index contributed by atoms with van der Waals surface area (Å²) in [5.74, 6) is 0.629. The smallest absolute Gasteiger partial charge is 0.143 e. The monoisotopic (exact) mass is 238 g/mol. The van der Waals surface area contributed by atoms with Crippen molar-refractivity contribution < 1.29 is 4.74 Å². The zero-order valence-corrected chi connectivity index (χ0v) is 8.34. The van der Waals surface area contributed by atoms with Gasteiger partial charge in [-0.1, -0.05) is 15.9 Å². The molecule has 66 valence electrons. The fourth-order valence-corrected chi connectivity index (χ4v) is 2.03. The van der Waals surface area contributed by atoms with E-state index in [9.17, 15) is 0 Å². The van der Waals surface area contributed by atoms with E-state index in [0.717, 1.165) is 10.0 Å². The van der Waals surface area contributed by atoms with Crippen LogP contribution in [0.15, 0.2) is 16.6 Å². The fourth-order valence-electron chi connectivity index (χ4n) is 1.42. The Morgan fingerprint density at radius 2 is 2.38 bits per heavy atom. The largest absolute Gasteiger partial charge is 0.490 e. The summed E-state index contributed by atoms with van der Waals surface area (Å²) in [6.07, 6.45) is 0. The van der Waals surface area contributed by atoms with Gasteiger partial charge >= 0.3 is 0 Å². The summed E-state index contributed by atoms with van der Waals surface area (Å²) in [6, 6.07) is 5.50. The maximum absolute atomic E-state index is 8.79. The number of hydrogen-bond donors (Lipinski definition) is 1. The van der Waals surface area contributed by atoms with Crippen LogP contribution in [0.5, 0.6) is 5.75 Å². The molecule has 1 aliphatic rings. The van der Waals surface area contributed by atoms with Gasteiger partial charge in [-0.05, 0) is 12.1 Å². The van der Waals surface area contributed by atoms with Gasteiger partial charge in [0, 0.05) is 10.0 Å². The molecule has 0 amide bonds. The lowest BCUT2D eigenvalue weighted by Gasteiger charge is -2.04. The summed E-state index contributed by atoms with van der Waals surface area (Å²) < 4.78 is 6.24. The van der Waals surface area contributed by atoms with E-state index in [1.807, 2.05) is 6.07 Å². The Morgan fingerprint density at radius 1 is 1.62 bits per heavy atom. The molecular formula is C9H7BrN2O. The lowest BCUT2D eigenvalue weighted by Crippen LogP contribution is -2.11. The first-order valence-electron chi connectivity index (χ1n) is 3.85. The van der Waals surface area contributed by atoms with Crippen LogP contribution in [0.2, 0.25) is 0 Å². The molecular weight excluding hydrogens is 232 g/mol. The molecule has 0 saturated heterocycles. The minimum atomic E-state index is -0.127. The van der Waals surface area contributed by atoms with Crippen molar-refractivity contribution in [1.82, 2.24) is 0 Å². The normalized spacial score (nSPS) is 19.0. The number of ether oxygens (including phenoxy) is 1. The number of nitriles is 1. The Morgan fingerprint density at radius 3 is 3.08 bits per heavy atom. The molecule has 0 aliphatic carbocycles. The number of benzene rings is 1. The number of fused-ring (bicyclic) bond motifs is 1. The average molecular weight is 239 g/mol. The van der Waals surface area contributed by atoms with Gasteiger partial charge in [0.2, 0.25) is 0 Å². The second kappa shape index (κ2) is 3.02. The number of nitrogens with zero attached hydrogens (tertiary/aromatic N) is 1. The van der Waals surface area contributed by atoms with Crippen molar-refractivity contribution in [2.75, 3.05) is 6.61 Å². The minimum absolute atomic E-state index is 0.127. The van der Waals surface area contributed by atoms with Crippen molar-refractivity contribution in [3.05, 3.63) is 27.7 Å². The predicted octanol–water partition coefficient (Wildman–Crippen LogP) is 1.71. The van der Waals surface area contributed by atoms with Gasteiger partial charge in [-0.3, -0.25) is 0 Å². The molecule has 0 saturated carbocycles. The molecule has 1 aromatic rings. The van der Waals surface area contributed by atoms with Crippen LogP contribution >= 0.6 is 15.9 Å². The van der Waals surface area contributed by atoms with Crippen molar-refractivity contribution in [1.29, 1.82) is 5.26 Å². The first kappa shape index (κ1) is 8.54. The topological polar surface area (TPSA) is 59.0 Å². The van der Waals surface area contributed by atoms with Crippen molar-refractivity contribution in [3.8, 4) is 11.8 Å². The Balaban J connectivity index is 2.67. The lowest BCUT2D eigenvalue weighted by molar-refractivity contribution is 0.332. The maximum Gasteiger partial charge on any atom is 0.143 e. The molecule has 0 radical (unpaired) electrons. The summed E-state index contributed by atoms with van der Waals surface area (Å²) in [5, 5.41) is 8.79. The highest BCUT2D eigenvalue weighted by atomic mass is 79.9. The van der Waals surface area contributed by atoms with E-state index in [4.69, 9.17) is 15.7 Å². The molecule has 0 spiro atoms. The third-order valence-electron chi connectivity index (χ3n) is 2.04. The molecule has 1 aromatic carbocycles. The van der Waals surface area contributed by atoms with Gasteiger partial charge in [-0.2, -0.15) is 5.26 Å². The molecule has 2 rings (SSSR count). The summed E-state index contributed by atoms with van der Waals surface area (Å²) >= 11 is 3.38. The van der Waals surface area contributed by atoms with Crippen molar-refractivity contribution >= 4 is 15.9 Å². The van der Waals surface area contributed by atoms with Crippen LogP contribution in [0, 0.1) is 11.3 Å². The van der Waals surface area contributed by atoms with Crippen LogP contribution in [-0.4, -0.2) is 6.61 Å². The zero-order valence-electron chi connectivity index (χ0n) is 6.75. The first-order valence-corrected chi connectivity index (χ1v) is 4.64. The zero-order chi connectivity index (χ0) is 9.42. The molecule has 1 atom stereocenters. The van der Waals surface area contributed by atoms with Crippen LogP contribution in [0.3, 0.4) is 0 Å². The standard InChI is InChI=1S/C9H7BrN2O/c10-6-2-1-5(3-11)9-8(6)7(12)4-13-9/h1-2,7H,4,12H2/t7-/m1/s1. The van der Waals surface area contributed by atoms with E-state index in [-0.39, 0.29) is 6.04 Å². The molecule has 4 heteroatoms. The van der Waals surface area contributed by atoms with Crippen molar-refractivity contribution in [3.63, 3.8) is 0 Å². The van der Waals surface area contributed by atoms with Crippen molar-refractivity contribution in [2.45, 2.75) is 6.04 Å². The minimum Gasteiger partial charge on any atom is -0.490 e. The fraction of sp³-hybridized carbons (Fsp3) is 0.222. The van der Waals surface area contributed by atoms with Gasteiger partial charge in [0.25, 0.3) is 0 Å². The van der Waals surface area contributed by atoms with E-state index < -0.39 is 0 Å². The molecule has 1 aliphatic heterocycles. The van der Waals surface area contributed by atoms with Gasteiger partial charge in [0.15, 0.2) is 0 Å². The molecule has 0 unspecified atom stereocenters. The van der Waals surface area contributed by atoms with Crippen LogP contribution in [-0.2, 0) is 0 Å². The van der Waals surface area contributed by atoms with E-state index in [0.29, 0.717) is 17.9 Å². The SMILES string of the molecule is N#Cc1ccc(Br)c2c1OC[C@H]2N. The second-order valence-corrected chi connectivity index (χ2v) is 3.72. The third-order valence-corrected chi connectivity index (χ3v) is 2.73. The van der Waals surface area contributed by atoms with E-state index in [2.05, 4.69) is 22.0 Å². The highest BCUT2D eigenvalue weighted by molar-refractivity contribution is 9.10. The van der Waals surface area contributed by atoms with E-state index in [1.54, 1.807) is 6.07 Å². The highest BCUT2D eigenvalue weighted by Gasteiger charge is 2.25. The quantitative estimate of drug-likeness (QED) is 0.749. The first-order chi connectivity index (χ1) is 6.24. The van der Waals surface area contributed by atoms with Crippen LogP contribution < -0.4 is 10.5 Å². The Bertz CT molecular complexity index is 397. The summed E-state index contributed by atoms with van der Waals surface area (Å²) in [7, 11) is 0.